The van der Waals surface area contributed by atoms with Crippen LogP contribution in [0, 0.1) is 5.82 Å². The van der Waals surface area contributed by atoms with Crippen molar-refractivity contribution in [1.29, 1.82) is 0 Å². The van der Waals surface area contributed by atoms with E-state index >= 15 is 0 Å². The molecule has 1 aliphatic rings. The molecule has 3 rings (SSSR count). The molecule has 0 fully saturated rings. The zero-order chi connectivity index (χ0) is 14.8. The summed E-state index contributed by atoms with van der Waals surface area (Å²) in [6, 6.07) is 10.3. The molecule has 1 aliphatic heterocycles. The molecule has 0 unspecified atom stereocenters. The molecule has 0 bridgehead atoms. The summed E-state index contributed by atoms with van der Waals surface area (Å²) in [5.74, 6) is -0.317. The van der Waals surface area contributed by atoms with Gasteiger partial charge in [-0.25, -0.2) is 4.39 Å². The maximum Gasteiger partial charge on any atom is 0.167 e. The van der Waals surface area contributed by atoms with Gasteiger partial charge in [0, 0.05) is 28.7 Å². The molecule has 1 N–H and O–H groups in total. The zero-order valence-electron chi connectivity index (χ0n) is 11.5. The predicted octanol–water partition coefficient (Wildman–Crippen LogP) is 4.37. The fourth-order valence-corrected chi connectivity index (χ4v) is 3.16. The van der Waals surface area contributed by atoms with Crippen molar-refractivity contribution in [3.63, 3.8) is 0 Å². The van der Waals surface area contributed by atoms with E-state index in [0.717, 1.165) is 25.1 Å². The van der Waals surface area contributed by atoms with E-state index in [1.54, 1.807) is 6.07 Å². The molecule has 2 aromatic carbocycles. The molecular formula is C17H15BrFNO. The van der Waals surface area contributed by atoms with Crippen LogP contribution in [0.25, 0.3) is 0 Å². The lowest BCUT2D eigenvalue weighted by Crippen LogP contribution is -2.13. The Balaban J connectivity index is 1.82. The van der Waals surface area contributed by atoms with Gasteiger partial charge in [0.2, 0.25) is 0 Å². The predicted molar refractivity (Wildman–Crippen MR) is 85.4 cm³/mol. The Morgan fingerprint density at radius 1 is 1.24 bits per heavy atom. The Bertz CT molecular complexity index is 679. The lowest BCUT2D eigenvalue weighted by atomic mass is 9.97. The van der Waals surface area contributed by atoms with Crippen LogP contribution in [0.15, 0.2) is 40.9 Å². The standard InChI is InChI=1S/C17H15BrFNO/c18-14-6-11(7-15(19)10-14)8-17(21)13-3-4-16-12(9-13)2-1-5-20-16/h3-4,6-7,9-10,20H,1-2,5,8H2. The summed E-state index contributed by atoms with van der Waals surface area (Å²) in [5.41, 5.74) is 3.68. The number of benzene rings is 2. The van der Waals surface area contributed by atoms with Gasteiger partial charge in [0.15, 0.2) is 5.78 Å². The minimum Gasteiger partial charge on any atom is -0.385 e. The smallest absolute Gasteiger partial charge is 0.167 e. The first kappa shape index (κ1) is 14.3. The van der Waals surface area contributed by atoms with E-state index in [9.17, 15) is 9.18 Å². The van der Waals surface area contributed by atoms with Gasteiger partial charge in [0.05, 0.1) is 0 Å². The number of aryl methyl sites for hydroxylation is 1. The number of carbonyl (C=O) groups excluding carboxylic acids is 1. The number of halogens is 2. The Morgan fingerprint density at radius 3 is 2.90 bits per heavy atom. The Morgan fingerprint density at radius 2 is 2.10 bits per heavy atom. The SMILES string of the molecule is O=C(Cc1cc(F)cc(Br)c1)c1ccc2c(c1)CCCN2. The summed E-state index contributed by atoms with van der Waals surface area (Å²) in [6.45, 7) is 0.984. The molecule has 0 amide bonds. The van der Waals surface area contributed by atoms with Crippen molar-refractivity contribution in [2.45, 2.75) is 19.3 Å². The Labute approximate surface area is 131 Å². The van der Waals surface area contributed by atoms with Gasteiger partial charge in [-0.1, -0.05) is 15.9 Å². The Hall–Kier alpha value is -1.68. The van der Waals surface area contributed by atoms with E-state index < -0.39 is 0 Å². The third-order valence-corrected chi connectivity index (χ3v) is 4.11. The number of hydrogen-bond acceptors (Lipinski definition) is 2. The van der Waals surface area contributed by atoms with Crippen molar-refractivity contribution in [2.75, 3.05) is 11.9 Å². The molecule has 2 aromatic rings. The van der Waals surface area contributed by atoms with Gasteiger partial charge >= 0.3 is 0 Å². The van der Waals surface area contributed by atoms with Crippen LogP contribution in [0.4, 0.5) is 10.1 Å². The molecule has 0 atom stereocenters. The highest BCUT2D eigenvalue weighted by Gasteiger charge is 2.13. The van der Waals surface area contributed by atoms with Crippen LogP contribution >= 0.6 is 15.9 Å². The fourth-order valence-electron chi connectivity index (χ4n) is 2.65. The second-order valence-corrected chi connectivity index (χ2v) is 6.20. The van der Waals surface area contributed by atoms with Crippen LogP contribution in [0.1, 0.15) is 27.9 Å². The van der Waals surface area contributed by atoms with Crippen LogP contribution < -0.4 is 5.32 Å². The van der Waals surface area contributed by atoms with Gasteiger partial charge in [-0.2, -0.15) is 0 Å². The molecule has 0 saturated carbocycles. The van der Waals surface area contributed by atoms with Crippen molar-refractivity contribution < 1.29 is 9.18 Å². The van der Waals surface area contributed by atoms with Crippen molar-refractivity contribution in [1.82, 2.24) is 0 Å². The van der Waals surface area contributed by atoms with E-state index in [4.69, 9.17) is 0 Å². The van der Waals surface area contributed by atoms with Crippen LogP contribution in [-0.2, 0) is 12.8 Å². The van der Waals surface area contributed by atoms with Crippen LogP contribution in [-0.4, -0.2) is 12.3 Å². The monoisotopic (exact) mass is 347 g/mol. The van der Waals surface area contributed by atoms with Crippen molar-refractivity contribution in [2.24, 2.45) is 0 Å². The van der Waals surface area contributed by atoms with Gasteiger partial charge in [-0.3, -0.25) is 4.79 Å². The number of carbonyl (C=O) groups is 1. The third-order valence-electron chi connectivity index (χ3n) is 3.65. The van der Waals surface area contributed by atoms with Crippen molar-refractivity contribution >= 4 is 27.4 Å². The number of Topliss-reactive ketones (excluding diaryl/α,β-unsaturated/α-hetero) is 1. The average molecular weight is 348 g/mol. The molecule has 21 heavy (non-hydrogen) atoms. The second-order valence-electron chi connectivity index (χ2n) is 5.28. The highest BCUT2D eigenvalue weighted by Crippen LogP contribution is 2.24. The fraction of sp³-hybridized carbons (Fsp3) is 0.235. The molecule has 0 spiro atoms. The third kappa shape index (κ3) is 3.32. The number of nitrogens with one attached hydrogen (secondary N) is 1. The van der Waals surface area contributed by atoms with E-state index in [-0.39, 0.29) is 18.0 Å². The minimum absolute atomic E-state index is 0.0147. The quantitative estimate of drug-likeness (QED) is 0.835. The molecule has 0 aromatic heterocycles. The van der Waals surface area contributed by atoms with E-state index in [2.05, 4.69) is 21.2 Å². The van der Waals surface area contributed by atoms with Gasteiger partial charge in [-0.05, 0) is 60.4 Å². The second kappa shape index (κ2) is 5.98. The molecule has 0 saturated heterocycles. The molecule has 4 heteroatoms. The van der Waals surface area contributed by atoms with E-state index in [0.29, 0.717) is 15.6 Å². The minimum atomic E-state index is -0.332. The normalized spacial score (nSPS) is 13.4. The summed E-state index contributed by atoms with van der Waals surface area (Å²) >= 11 is 3.25. The molecule has 0 aliphatic carbocycles. The van der Waals surface area contributed by atoms with Crippen LogP contribution in [0.3, 0.4) is 0 Å². The van der Waals surface area contributed by atoms with Gasteiger partial charge < -0.3 is 5.32 Å². The van der Waals surface area contributed by atoms with Crippen molar-refractivity contribution in [3.05, 3.63) is 63.4 Å². The van der Waals surface area contributed by atoms with E-state index in [1.165, 1.54) is 17.7 Å². The highest BCUT2D eigenvalue weighted by molar-refractivity contribution is 9.10. The lowest BCUT2D eigenvalue weighted by molar-refractivity contribution is 0.0993. The summed E-state index contributed by atoms with van der Waals surface area (Å²) in [7, 11) is 0. The molecular weight excluding hydrogens is 333 g/mol. The molecule has 2 nitrogen and oxygen atoms in total. The molecule has 0 radical (unpaired) electrons. The van der Waals surface area contributed by atoms with Gasteiger partial charge in [0.1, 0.15) is 5.82 Å². The molecule has 108 valence electrons. The van der Waals surface area contributed by atoms with Gasteiger partial charge in [-0.15, -0.1) is 0 Å². The summed E-state index contributed by atoms with van der Waals surface area (Å²) in [6.07, 6.45) is 2.29. The number of rotatable bonds is 3. The van der Waals surface area contributed by atoms with Crippen LogP contribution in [0.5, 0.6) is 0 Å². The summed E-state index contributed by atoms with van der Waals surface area (Å²) in [4.78, 5) is 12.4. The van der Waals surface area contributed by atoms with E-state index in [1.807, 2.05) is 18.2 Å². The highest BCUT2D eigenvalue weighted by atomic mass is 79.9. The topological polar surface area (TPSA) is 29.1 Å². The van der Waals surface area contributed by atoms with Crippen molar-refractivity contribution in [3.8, 4) is 0 Å². The number of fused-ring (bicyclic) bond motifs is 1. The average Bonchev–Trinajstić information content (AvgIpc) is 2.45. The largest absolute Gasteiger partial charge is 0.385 e. The maximum absolute atomic E-state index is 13.4. The van der Waals surface area contributed by atoms with Crippen LogP contribution in [0.2, 0.25) is 0 Å². The first-order valence-electron chi connectivity index (χ1n) is 6.97. The maximum atomic E-state index is 13.4. The number of ketones is 1. The lowest BCUT2D eigenvalue weighted by Gasteiger charge is -2.18. The number of anilines is 1. The van der Waals surface area contributed by atoms with Gasteiger partial charge in [0.25, 0.3) is 0 Å². The first-order chi connectivity index (χ1) is 10.1. The number of hydrogen-bond donors (Lipinski definition) is 1. The summed E-state index contributed by atoms with van der Waals surface area (Å²) in [5, 5.41) is 3.33. The Kier molecular flexibility index (Phi) is 4.06. The molecule has 1 heterocycles. The summed E-state index contributed by atoms with van der Waals surface area (Å²) < 4.78 is 14.0. The zero-order valence-corrected chi connectivity index (χ0v) is 13.0. The first-order valence-corrected chi connectivity index (χ1v) is 7.76.